The van der Waals surface area contributed by atoms with Gasteiger partial charge in [-0.15, -0.1) is 0 Å². The molecular formula is C23H32N2O4. The van der Waals surface area contributed by atoms with E-state index in [1.807, 2.05) is 43.3 Å². The van der Waals surface area contributed by atoms with E-state index in [-0.39, 0.29) is 17.2 Å². The van der Waals surface area contributed by atoms with E-state index in [4.69, 9.17) is 9.47 Å². The zero-order valence-electron chi connectivity index (χ0n) is 17.7. The molecule has 0 radical (unpaired) electrons. The molecule has 0 aliphatic rings. The molecule has 0 aliphatic carbocycles. The summed E-state index contributed by atoms with van der Waals surface area (Å²) in [7, 11) is 1.65. The fourth-order valence-electron chi connectivity index (χ4n) is 3.00. The number of hydrogen-bond acceptors (Lipinski definition) is 4. The molecule has 0 atom stereocenters. The number of nitrogens with one attached hydrogen (secondary N) is 2. The second-order valence-electron chi connectivity index (χ2n) is 7.57. The van der Waals surface area contributed by atoms with Gasteiger partial charge in [-0.3, -0.25) is 0 Å². The average Bonchev–Trinajstić information content (AvgIpc) is 2.70. The van der Waals surface area contributed by atoms with Crippen LogP contribution < -0.4 is 10.6 Å². The van der Waals surface area contributed by atoms with Gasteiger partial charge in [0.15, 0.2) is 0 Å². The SMILES string of the molecule is CCNC(=O)NCc1cccc(-c2ccc(C(C)(C)COCCOC)cc2O)c1. The fourth-order valence-corrected chi connectivity index (χ4v) is 3.00. The Kier molecular flexibility index (Phi) is 8.49. The summed E-state index contributed by atoms with van der Waals surface area (Å²) in [6.45, 7) is 8.69. The maximum absolute atomic E-state index is 11.6. The van der Waals surface area contributed by atoms with Crippen molar-refractivity contribution >= 4 is 6.03 Å². The van der Waals surface area contributed by atoms with Gasteiger partial charge in [-0.1, -0.05) is 44.2 Å². The van der Waals surface area contributed by atoms with Crippen LogP contribution >= 0.6 is 0 Å². The van der Waals surface area contributed by atoms with Gasteiger partial charge in [-0.05, 0) is 35.7 Å². The van der Waals surface area contributed by atoms with Gasteiger partial charge in [0.1, 0.15) is 5.75 Å². The molecule has 2 rings (SSSR count). The molecule has 6 nitrogen and oxygen atoms in total. The molecule has 29 heavy (non-hydrogen) atoms. The minimum Gasteiger partial charge on any atom is -0.507 e. The lowest BCUT2D eigenvalue weighted by atomic mass is 9.84. The Hall–Kier alpha value is -2.57. The van der Waals surface area contributed by atoms with E-state index in [1.165, 1.54) is 0 Å². The number of carbonyl (C=O) groups excluding carboxylic acids is 1. The number of benzene rings is 2. The third-order valence-corrected chi connectivity index (χ3v) is 4.70. The summed E-state index contributed by atoms with van der Waals surface area (Å²) in [6, 6.07) is 13.3. The van der Waals surface area contributed by atoms with Crippen LogP contribution in [-0.2, 0) is 21.4 Å². The molecule has 2 aromatic carbocycles. The number of phenols is 1. The van der Waals surface area contributed by atoms with Gasteiger partial charge < -0.3 is 25.2 Å². The van der Waals surface area contributed by atoms with Crippen molar-refractivity contribution in [1.29, 1.82) is 0 Å². The molecule has 0 unspecified atom stereocenters. The monoisotopic (exact) mass is 400 g/mol. The van der Waals surface area contributed by atoms with Crippen molar-refractivity contribution in [3.63, 3.8) is 0 Å². The van der Waals surface area contributed by atoms with Gasteiger partial charge in [0.2, 0.25) is 0 Å². The van der Waals surface area contributed by atoms with Gasteiger partial charge >= 0.3 is 6.03 Å². The third-order valence-electron chi connectivity index (χ3n) is 4.70. The summed E-state index contributed by atoms with van der Waals surface area (Å²) in [6.07, 6.45) is 0. The highest BCUT2D eigenvalue weighted by Crippen LogP contribution is 2.34. The lowest BCUT2D eigenvalue weighted by Gasteiger charge is -2.25. The highest BCUT2D eigenvalue weighted by Gasteiger charge is 2.22. The van der Waals surface area contributed by atoms with Gasteiger partial charge in [-0.25, -0.2) is 4.79 Å². The molecule has 0 fully saturated rings. The molecule has 0 heterocycles. The lowest BCUT2D eigenvalue weighted by molar-refractivity contribution is 0.0484. The van der Waals surface area contributed by atoms with Crippen molar-refractivity contribution < 1.29 is 19.4 Å². The van der Waals surface area contributed by atoms with Gasteiger partial charge in [0, 0.05) is 31.2 Å². The van der Waals surface area contributed by atoms with Crippen LogP contribution in [0.1, 0.15) is 31.9 Å². The van der Waals surface area contributed by atoms with Crippen LogP contribution in [0.25, 0.3) is 11.1 Å². The highest BCUT2D eigenvalue weighted by atomic mass is 16.5. The molecule has 2 aromatic rings. The predicted octanol–water partition coefficient (Wildman–Crippen LogP) is 3.82. The van der Waals surface area contributed by atoms with E-state index >= 15 is 0 Å². The summed E-state index contributed by atoms with van der Waals surface area (Å²) in [4.78, 5) is 11.6. The highest BCUT2D eigenvalue weighted by molar-refractivity contribution is 5.74. The largest absolute Gasteiger partial charge is 0.507 e. The van der Waals surface area contributed by atoms with Crippen LogP contribution in [0.3, 0.4) is 0 Å². The van der Waals surface area contributed by atoms with Crippen molar-refractivity contribution in [2.24, 2.45) is 0 Å². The van der Waals surface area contributed by atoms with E-state index in [0.717, 1.165) is 22.3 Å². The molecule has 6 heteroatoms. The smallest absolute Gasteiger partial charge is 0.315 e. The molecular weight excluding hydrogens is 368 g/mol. The Morgan fingerprint density at radius 2 is 1.90 bits per heavy atom. The molecule has 0 bridgehead atoms. The number of amides is 2. The normalized spacial score (nSPS) is 11.3. The first-order valence-electron chi connectivity index (χ1n) is 9.88. The van der Waals surface area contributed by atoms with Crippen LogP contribution in [0.15, 0.2) is 42.5 Å². The number of carbonyl (C=O) groups is 1. The summed E-state index contributed by atoms with van der Waals surface area (Å²) in [5.41, 5.74) is 3.39. The quantitative estimate of drug-likeness (QED) is 0.530. The number of ether oxygens (including phenoxy) is 2. The van der Waals surface area contributed by atoms with Crippen molar-refractivity contribution in [3.8, 4) is 16.9 Å². The Bertz CT molecular complexity index is 805. The summed E-state index contributed by atoms with van der Waals surface area (Å²) < 4.78 is 10.7. The van der Waals surface area contributed by atoms with Crippen LogP contribution in [-0.4, -0.2) is 44.6 Å². The minimum atomic E-state index is -0.234. The van der Waals surface area contributed by atoms with E-state index in [9.17, 15) is 9.90 Å². The number of aromatic hydroxyl groups is 1. The molecule has 0 aliphatic heterocycles. The lowest BCUT2D eigenvalue weighted by Crippen LogP contribution is -2.34. The first-order valence-corrected chi connectivity index (χ1v) is 9.88. The van der Waals surface area contributed by atoms with E-state index < -0.39 is 0 Å². The Morgan fingerprint density at radius 1 is 1.10 bits per heavy atom. The van der Waals surface area contributed by atoms with Crippen LogP contribution in [0, 0.1) is 0 Å². The Morgan fingerprint density at radius 3 is 2.59 bits per heavy atom. The second kappa shape index (κ2) is 10.8. The molecule has 158 valence electrons. The van der Waals surface area contributed by atoms with Crippen LogP contribution in [0.5, 0.6) is 5.75 Å². The fraction of sp³-hybridized carbons (Fsp3) is 0.435. The predicted molar refractivity (Wildman–Crippen MR) is 115 cm³/mol. The maximum atomic E-state index is 11.6. The number of hydrogen-bond donors (Lipinski definition) is 3. The first-order chi connectivity index (χ1) is 13.9. The van der Waals surface area contributed by atoms with Crippen LogP contribution in [0.2, 0.25) is 0 Å². The van der Waals surface area contributed by atoms with Crippen molar-refractivity contribution in [1.82, 2.24) is 10.6 Å². The zero-order chi connectivity index (χ0) is 21.3. The third kappa shape index (κ3) is 6.76. The van der Waals surface area contributed by atoms with E-state index in [1.54, 1.807) is 13.2 Å². The molecule has 2 amide bonds. The van der Waals surface area contributed by atoms with E-state index in [2.05, 4.69) is 24.5 Å². The van der Waals surface area contributed by atoms with Gasteiger partial charge in [-0.2, -0.15) is 0 Å². The molecule has 0 saturated carbocycles. The van der Waals surface area contributed by atoms with Crippen molar-refractivity contribution in [3.05, 3.63) is 53.6 Å². The number of methoxy groups -OCH3 is 1. The van der Waals surface area contributed by atoms with Gasteiger partial charge in [0.05, 0.1) is 19.8 Å². The summed E-state index contributed by atoms with van der Waals surface area (Å²) >= 11 is 0. The van der Waals surface area contributed by atoms with Crippen molar-refractivity contribution in [2.75, 3.05) is 33.5 Å². The topological polar surface area (TPSA) is 79.8 Å². The van der Waals surface area contributed by atoms with Gasteiger partial charge in [0.25, 0.3) is 0 Å². The molecule has 3 N–H and O–H groups in total. The summed E-state index contributed by atoms with van der Waals surface area (Å²) in [5.74, 6) is 0.223. The number of phenolic OH excluding ortho intramolecular Hbond substituents is 1. The second-order valence-corrected chi connectivity index (χ2v) is 7.57. The molecule has 0 aromatic heterocycles. The summed E-state index contributed by atoms with van der Waals surface area (Å²) in [5, 5.41) is 16.2. The standard InChI is InChI=1S/C23H32N2O4/c1-5-24-22(27)25-15-17-7-6-8-18(13-17)20-10-9-19(14-21(20)26)23(2,3)16-29-12-11-28-4/h6-10,13-14,26H,5,11-12,15-16H2,1-4H3,(H2,24,25,27). The minimum absolute atomic E-state index is 0.194. The van der Waals surface area contributed by atoms with E-state index in [0.29, 0.717) is 32.9 Å². The molecule has 0 saturated heterocycles. The number of rotatable bonds is 10. The van der Waals surface area contributed by atoms with Crippen molar-refractivity contribution in [2.45, 2.75) is 32.7 Å². The Balaban J connectivity index is 2.11. The maximum Gasteiger partial charge on any atom is 0.315 e. The number of urea groups is 1. The molecule has 0 spiro atoms. The van der Waals surface area contributed by atoms with Crippen LogP contribution in [0.4, 0.5) is 4.79 Å². The Labute approximate surface area is 173 Å². The first kappa shape index (κ1) is 22.7. The average molecular weight is 401 g/mol. The zero-order valence-corrected chi connectivity index (χ0v) is 17.7.